The summed E-state index contributed by atoms with van der Waals surface area (Å²) in [5.74, 6) is 0.641. The third-order valence-corrected chi connectivity index (χ3v) is 5.29. The van der Waals surface area contributed by atoms with Crippen LogP contribution in [-0.4, -0.2) is 17.5 Å². The van der Waals surface area contributed by atoms with Gasteiger partial charge in [-0.15, -0.1) is 11.3 Å². The number of carbonyl (C=O) groups excluding carboxylic acids is 1. The van der Waals surface area contributed by atoms with Crippen molar-refractivity contribution in [2.45, 2.75) is 39.0 Å². The van der Waals surface area contributed by atoms with E-state index < -0.39 is 0 Å². The second-order valence-electron chi connectivity index (χ2n) is 6.68. The molecular formula is C23H26N2O2S. The number of nitrogens with one attached hydrogen (secondary N) is 1. The molecule has 146 valence electrons. The first-order valence-electron chi connectivity index (χ1n) is 9.77. The normalized spacial score (nSPS) is 10.6. The molecule has 0 saturated carbocycles. The summed E-state index contributed by atoms with van der Waals surface area (Å²) < 4.78 is 5.72. The average molecular weight is 395 g/mol. The number of ether oxygens (including phenoxy) is 1. The van der Waals surface area contributed by atoms with E-state index in [4.69, 9.17) is 4.74 Å². The van der Waals surface area contributed by atoms with Crippen LogP contribution in [0.3, 0.4) is 0 Å². The standard InChI is InChI=1S/C23H26N2O2S/c1-2-3-4-8-15-27-20-13-11-19(12-14-20)22(26)25-23-24-17-21(28-23)16-18-9-6-5-7-10-18/h5-7,9-14,17H,2-4,8,15-16H2,1H3,(H,24,25,26). The Hall–Kier alpha value is -2.66. The molecule has 0 saturated heterocycles. The van der Waals surface area contributed by atoms with Gasteiger partial charge in [-0.2, -0.15) is 0 Å². The first kappa shape index (κ1) is 20.1. The molecule has 0 radical (unpaired) electrons. The molecule has 4 nitrogen and oxygen atoms in total. The summed E-state index contributed by atoms with van der Waals surface area (Å²) in [6.45, 7) is 2.91. The maximum absolute atomic E-state index is 12.4. The summed E-state index contributed by atoms with van der Waals surface area (Å²) in [5, 5.41) is 3.50. The van der Waals surface area contributed by atoms with Crippen LogP contribution in [-0.2, 0) is 6.42 Å². The molecule has 1 heterocycles. The lowest BCUT2D eigenvalue weighted by Crippen LogP contribution is -2.11. The highest BCUT2D eigenvalue weighted by molar-refractivity contribution is 7.15. The van der Waals surface area contributed by atoms with Gasteiger partial charge in [-0.25, -0.2) is 4.98 Å². The number of benzene rings is 2. The highest BCUT2D eigenvalue weighted by Crippen LogP contribution is 2.22. The van der Waals surface area contributed by atoms with E-state index in [1.54, 1.807) is 12.1 Å². The number of rotatable bonds is 10. The SMILES string of the molecule is CCCCCCOc1ccc(C(=O)Nc2ncc(Cc3ccccc3)s2)cc1. The smallest absolute Gasteiger partial charge is 0.257 e. The van der Waals surface area contributed by atoms with Crippen molar-refractivity contribution >= 4 is 22.4 Å². The van der Waals surface area contributed by atoms with E-state index in [1.165, 1.54) is 36.2 Å². The zero-order chi connectivity index (χ0) is 19.6. The van der Waals surface area contributed by atoms with Crippen molar-refractivity contribution in [1.29, 1.82) is 0 Å². The number of carbonyl (C=O) groups is 1. The Morgan fingerprint density at radius 2 is 1.82 bits per heavy atom. The van der Waals surface area contributed by atoms with Crippen LogP contribution in [0.15, 0.2) is 60.8 Å². The molecule has 1 aromatic heterocycles. The molecule has 0 fully saturated rings. The fourth-order valence-corrected chi connectivity index (χ4v) is 3.68. The Labute approximate surface area is 170 Å². The molecule has 1 amide bonds. The molecule has 0 bridgehead atoms. The van der Waals surface area contributed by atoms with Gasteiger partial charge in [0.15, 0.2) is 5.13 Å². The van der Waals surface area contributed by atoms with Crippen molar-refractivity contribution in [2.24, 2.45) is 0 Å². The third kappa shape index (κ3) is 6.20. The zero-order valence-corrected chi connectivity index (χ0v) is 17.0. The minimum absolute atomic E-state index is 0.157. The zero-order valence-electron chi connectivity index (χ0n) is 16.2. The van der Waals surface area contributed by atoms with Crippen molar-refractivity contribution in [3.8, 4) is 5.75 Å². The van der Waals surface area contributed by atoms with Crippen LogP contribution in [0.2, 0.25) is 0 Å². The van der Waals surface area contributed by atoms with E-state index in [9.17, 15) is 4.79 Å². The summed E-state index contributed by atoms with van der Waals surface area (Å²) in [4.78, 5) is 17.9. The molecular weight excluding hydrogens is 368 g/mol. The van der Waals surface area contributed by atoms with E-state index in [2.05, 4.69) is 29.4 Å². The summed E-state index contributed by atoms with van der Waals surface area (Å²) in [6, 6.07) is 17.5. The molecule has 0 aliphatic heterocycles. The van der Waals surface area contributed by atoms with Gasteiger partial charge in [0, 0.05) is 23.1 Å². The van der Waals surface area contributed by atoms with Crippen LogP contribution < -0.4 is 10.1 Å². The van der Waals surface area contributed by atoms with Gasteiger partial charge in [-0.3, -0.25) is 10.1 Å². The molecule has 0 atom stereocenters. The number of hydrogen-bond donors (Lipinski definition) is 1. The second-order valence-corrected chi connectivity index (χ2v) is 7.80. The van der Waals surface area contributed by atoms with Crippen LogP contribution in [0, 0.1) is 0 Å². The Morgan fingerprint density at radius 3 is 2.57 bits per heavy atom. The van der Waals surface area contributed by atoms with Crippen LogP contribution >= 0.6 is 11.3 Å². The van der Waals surface area contributed by atoms with Crippen molar-refractivity contribution in [1.82, 2.24) is 4.98 Å². The third-order valence-electron chi connectivity index (χ3n) is 4.38. The average Bonchev–Trinajstić information content (AvgIpc) is 3.15. The number of hydrogen-bond acceptors (Lipinski definition) is 4. The number of unbranched alkanes of at least 4 members (excludes halogenated alkanes) is 3. The monoisotopic (exact) mass is 394 g/mol. The number of nitrogens with zero attached hydrogens (tertiary/aromatic N) is 1. The molecule has 3 aromatic rings. The number of amides is 1. The fourth-order valence-electron chi connectivity index (χ4n) is 2.83. The highest BCUT2D eigenvalue weighted by Gasteiger charge is 2.10. The fraction of sp³-hybridized carbons (Fsp3) is 0.304. The second kappa shape index (κ2) is 10.6. The van der Waals surface area contributed by atoms with Gasteiger partial charge in [0.05, 0.1) is 6.61 Å². The van der Waals surface area contributed by atoms with Gasteiger partial charge in [0.1, 0.15) is 5.75 Å². The van der Waals surface area contributed by atoms with Gasteiger partial charge in [-0.05, 0) is 36.2 Å². The molecule has 0 spiro atoms. The summed E-state index contributed by atoms with van der Waals surface area (Å²) in [6.07, 6.45) is 7.35. The largest absolute Gasteiger partial charge is 0.494 e. The van der Waals surface area contributed by atoms with Gasteiger partial charge >= 0.3 is 0 Å². The van der Waals surface area contributed by atoms with Crippen LogP contribution in [0.4, 0.5) is 5.13 Å². The maximum atomic E-state index is 12.4. The summed E-state index contributed by atoms with van der Waals surface area (Å²) in [7, 11) is 0. The van der Waals surface area contributed by atoms with Gasteiger partial charge in [0.25, 0.3) is 5.91 Å². The molecule has 5 heteroatoms. The number of thiazole rings is 1. The first-order chi connectivity index (χ1) is 13.7. The minimum Gasteiger partial charge on any atom is -0.494 e. The molecule has 3 rings (SSSR count). The van der Waals surface area contributed by atoms with Gasteiger partial charge in [0.2, 0.25) is 0 Å². The van der Waals surface area contributed by atoms with Crippen LogP contribution in [0.5, 0.6) is 5.75 Å². The molecule has 0 aliphatic carbocycles. The van der Waals surface area contributed by atoms with E-state index in [1.807, 2.05) is 36.5 Å². The lowest BCUT2D eigenvalue weighted by Gasteiger charge is -2.07. The Bertz CT molecular complexity index is 860. The predicted octanol–water partition coefficient (Wildman–Crippen LogP) is 5.95. The molecule has 2 aromatic carbocycles. The van der Waals surface area contributed by atoms with E-state index in [-0.39, 0.29) is 5.91 Å². The summed E-state index contributed by atoms with van der Waals surface area (Å²) >= 11 is 1.50. The molecule has 1 N–H and O–H groups in total. The summed E-state index contributed by atoms with van der Waals surface area (Å²) in [5.41, 5.74) is 1.83. The van der Waals surface area contributed by atoms with Gasteiger partial charge < -0.3 is 4.74 Å². The highest BCUT2D eigenvalue weighted by atomic mass is 32.1. The lowest BCUT2D eigenvalue weighted by atomic mass is 10.1. The maximum Gasteiger partial charge on any atom is 0.257 e. The van der Waals surface area contributed by atoms with E-state index in [0.717, 1.165) is 30.1 Å². The first-order valence-corrected chi connectivity index (χ1v) is 10.6. The Kier molecular flexibility index (Phi) is 7.62. The molecule has 0 aliphatic rings. The lowest BCUT2D eigenvalue weighted by molar-refractivity contribution is 0.102. The minimum atomic E-state index is -0.157. The predicted molar refractivity (Wildman–Crippen MR) is 115 cm³/mol. The van der Waals surface area contributed by atoms with Crippen molar-refractivity contribution < 1.29 is 9.53 Å². The van der Waals surface area contributed by atoms with E-state index in [0.29, 0.717) is 10.7 Å². The number of aromatic nitrogens is 1. The van der Waals surface area contributed by atoms with Crippen molar-refractivity contribution in [3.05, 3.63) is 76.8 Å². The molecule has 28 heavy (non-hydrogen) atoms. The van der Waals surface area contributed by atoms with E-state index >= 15 is 0 Å². The van der Waals surface area contributed by atoms with Gasteiger partial charge in [-0.1, -0.05) is 56.5 Å². The molecule has 0 unspecified atom stereocenters. The Morgan fingerprint density at radius 1 is 1.04 bits per heavy atom. The van der Waals surface area contributed by atoms with Crippen LogP contribution in [0.1, 0.15) is 53.4 Å². The topological polar surface area (TPSA) is 51.2 Å². The quantitative estimate of drug-likeness (QED) is 0.433. The number of anilines is 1. The van der Waals surface area contributed by atoms with Crippen molar-refractivity contribution in [2.75, 3.05) is 11.9 Å². The Balaban J connectivity index is 1.49. The van der Waals surface area contributed by atoms with Crippen molar-refractivity contribution in [3.63, 3.8) is 0 Å². The van der Waals surface area contributed by atoms with Crippen LogP contribution in [0.25, 0.3) is 0 Å².